The summed E-state index contributed by atoms with van der Waals surface area (Å²) in [5, 5.41) is 3.19. The summed E-state index contributed by atoms with van der Waals surface area (Å²) >= 11 is 0. The van der Waals surface area contributed by atoms with Crippen molar-refractivity contribution in [2.24, 2.45) is 9.98 Å². The van der Waals surface area contributed by atoms with Gasteiger partial charge in [0, 0.05) is 12.5 Å². The van der Waals surface area contributed by atoms with Crippen molar-refractivity contribution in [2.45, 2.75) is 39.3 Å². The summed E-state index contributed by atoms with van der Waals surface area (Å²) in [5.74, 6) is 1.27. The second-order valence-corrected chi connectivity index (χ2v) is 5.61. The Balaban J connectivity index is 1.73. The van der Waals surface area contributed by atoms with E-state index in [4.69, 9.17) is 7.48 Å². The molecule has 5 heteroatoms. The van der Waals surface area contributed by atoms with Crippen LogP contribution in [0.1, 0.15) is 40.7 Å². The normalized spacial score (nSPS) is 23.6. The molecule has 0 saturated carbocycles. The molecule has 112 valence electrons. The highest BCUT2D eigenvalue weighted by molar-refractivity contribution is 5.89. The van der Waals surface area contributed by atoms with Gasteiger partial charge in [-0.2, -0.15) is 0 Å². The quantitative estimate of drug-likeness (QED) is 0.928. The molecule has 1 unspecified atom stereocenters. The fourth-order valence-electron chi connectivity index (χ4n) is 2.32. The van der Waals surface area contributed by atoms with Crippen molar-refractivity contribution >= 4 is 12.3 Å². The predicted octanol–water partition coefficient (Wildman–Crippen LogP) is 2.34. The van der Waals surface area contributed by atoms with E-state index in [0.717, 1.165) is 24.3 Å². The Labute approximate surface area is 128 Å². The number of hydrogen-bond acceptors (Lipinski definition) is 5. The zero-order valence-electron chi connectivity index (χ0n) is 14.6. The number of aliphatic imine (C=N–C) groups is 2. The van der Waals surface area contributed by atoms with Crippen LogP contribution in [0.25, 0.3) is 0 Å². The van der Waals surface area contributed by atoms with E-state index in [1.54, 1.807) is 4.90 Å². The highest BCUT2D eigenvalue weighted by Gasteiger charge is 2.16. The molecule has 0 amide bonds. The van der Waals surface area contributed by atoms with Crippen LogP contribution in [0.2, 0.25) is 0 Å². The Morgan fingerprint density at radius 1 is 1.43 bits per heavy atom. The third-order valence-electron chi connectivity index (χ3n) is 3.70. The summed E-state index contributed by atoms with van der Waals surface area (Å²) in [4.78, 5) is 9.96. The van der Waals surface area contributed by atoms with Gasteiger partial charge >= 0.3 is 0 Å². The number of ether oxygens (including phenoxy) is 1. The lowest BCUT2D eigenvalue weighted by atomic mass is 10.0. The maximum atomic E-state index is 8.05. The Morgan fingerprint density at radius 2 is 2.29 bits per heavy atom. The summed E-state index contributed by atoms with van der Waals surface area (Å²) in [7, 11) is 0. The van der Waals surface area contributed by atoms with Crippen LogP contribution in [-0.4, -0.2) is 36.5 Å². The molecule has 0 saturated heterocycles. The fraction of sp³-hybridized carbons (Fsp3) is 0.500. The molecule has 0 bridgehead atoms. The molecule has 0 spiro atoms. The Bertz CT molecular complexity index is 659. The zero-order valence-corrected chi connectivity index (χ0v) is 12.6. The molecule has 1 aromatic carbocycles. The highest BCUT2D eigenvalue weighted by atomic mass is 16.5. The molecule has 0 aliphatic carbocycles. The summed E-state index contributed by atoms with van der Waals surface area (Å²) < 4.78 is 21.6. The van der Waals surface area contributed by atoms with Crippen LogP contribution in [0.5, 0.6) is 5.75 Å². The zero-order chi connectivity index (χ0) is 16.6. The summed E-state index contributed by atoms with van der Waals surface area (Å²) in [6.45, 7) is 5.76. The number of benzene rings is 1. The molecule has 2 heterocycles. The molecule has 1 aromatic rings. The van der Waals surface area contributed by atoms with Gasteiger partial charge in [-0.05, 0) is 38.0 Å². The van der Waals surface area contributed by atoms with Crippen LogP contribution >= 0.6 is 0 Å². The lowest BCUT2D eigenvalue weighted by Crippen LogP contribution is -2.36. The van der Waals surface area contributed by atoms with Gasteiger partial charge in [0.05, 0.1) is 20.3 Å². The number of nitrogens with zero attached hydrogens (tertiary/aromatic N) is 3. The van der Waals surface area contributed by atoms with E-state index in [1.807, 2.05) is 26.8 Å². The fourth-order valence-corrected chi connectivity index (χ4v) is 2.32. The van der Waals surface area contributed by atoms with Crippen LogP contribution < -0.4 is 10.1 Å². The van der Waals surface area contributed by atoms with Gasteiger partial charge in [0.25, 0.3) is 0 Å². The minimum Gasteiger partial charge on any atom is -0.493 e. The Kier molecular flexibility index (Phi) is 3.18. The average molecular weight is 288 g/mol. The van der Waals surface area contributed by atoms with Crippen LogP contribution in [0.15, 0.2) is 28.2 Å². The number of hydrogen-bond donors (Lipinski definition) is 1. The van der Waals surface area contributed by atoms with Crippen molar-refractivity contribution < 1.29 is 7.48 Å². The Hall–Kier alpha value is -2.04. The van der Waals surface area contributed by atoms with E-state index >= 15 is 0 Å². The molecule has 0 fully saturated rings. The number of rotatable bonds is 3. The van der Waals surface area contributed by atoms with E-state index in [9.17, 15) is 0 Å². The molecule has 1 N–H and O–H groups in total. The smallest absolute Gasteiger partial charge is 0.221 e. The van der Waals surface area contributed by atoms with E-state index in [1.165, 1.54) is 5.56 Å². The first-order valence-corrected chi connectivity index (χ1v) is 7.31. The largest absolute Gasteiger partial charge is 0.493 e. The molecule has 0 radical (unpaired) electrons. The number of fused-ring (bicyclic) bond motifs is 1. The van der Waals surface area contributed by atoms with E-state index in [0.29, 0.717) is 5.96 Å². The van der Waals surface area contributed by atoms with Crippen molar-refractivity contribution in [3.8, 4) is 5.75 Å². The number of amidine groups is 1. The lowest BCUT2D eigenvalue weighted by molar-refractivity contribution is 0.356. The standard InChI is InChI=1S/C16H22N4O/c1-11(2)20-9-17-16(18-10-20)19-12(3)14-5-4-13-6-7-21-15(13)8-14/h4-5,8-9,11-12H,6-7,10H2,1-3H3,(H,18,19)/i9D,10D/t10-,12?/m1/s1. The molecule has 2 aliphatic heterocycles. The first kappa shape index (κ1) is 11.6. The van der Waals surface area contributed by atoms with Gasteiger partial charge in [0.1, 0.15) is 13.8 Å². The van der Waals surface area contributed by atoms with Gasteiger partial charge in [-0.25, -0.2) is 9.98 Å². The van der Waals surface area contributed by atoms with Gasteiger partial charge in [-0.1, -0.05) is 12.1 Å². The topological polar surface area (TPSA) is 49.2 Å². The van der Waals surface area contributed by atoms with Crippen LogP contribution in [0.3, 0.4) is 0 Å². The van der Waals surface area contributed by atoms with Gasteiger partial charge in [0.2, 0.25) is 5.96 Å². The Morgan fingerprint density at radius 3 is 3.05 bits per heavy atom. The monoisotopic (exact) mass is 288 g/mol. The SMILES string of the molecule is [2H]C1=NC(NC(C)c2ccc3c(c2)OCC3)=N[C@@H]([2H])N1C(C)C. The average Bonchev–Trinajstić information content (AvgIpc) is 2.93. The summed E-state index contributed by atoms with van der Waals surface area (Å²) in [6.07, 6.45) is 1.03. The second kappa shape index (κ2) is 5.76. The number of nitrogens with one attached hydrogen (secondary N) is 1. The van der Waals surface area contributed by atoms with Crippen LogP contribution in [-0.2, 0) is 6.42 Å². The van der Waals surface area contributed by atoms with Gasteiger partial charge in [-0.3, -0.25) is 0 Å². The van der Waals surface area contributed by atoms with Gasteiger partial charge in [0.15, 0.2) is 0 Å². The lowest BCUT2D eigenvalue weighted by Gasteiger charge is -2.25. The molecule has 0 aromatic heterocycles. The minimum absolute atomic E-state index is 0.0188. The molecule has 3 rings (SSSR count). The maximum absolute atomic E-state index is 8.05. The van der Waals surface area contributed by atoms with E-state index < -0.39 is 6.64 Å². The molecule has 21 heavy (non-hydrogen) atoms. The first-order valence-electron chi connectivity index (χ1n) is 8.39. The minimum atomic E-state index is -0.835. The molecule has 2 aliphatic rings. The van der Waals surface area contributed by atoms with Gasteiger partial charge in [-0.15, -0.1) is 0 Å². The molecular weight excluding hydrogens is 264 g/mol. The summed E-state index contributed by atoms with van der Waals surface area (Å²) in [5.41, 5.74) is 2.31. The van der Waals surface area contributed by atoms with E-state index in [2.05, 4.69) is 27.4 Å². The summed E-state index contributed by atoms with van der Waals surface area (Å²) in [6, 6.07) is 6.18. The highest BCUT2D eigenvalue weighted by Crippen LogP contribution is 2.28. The van der Waals surface area contributed by atoms with Crippen molar-refractivity contribution in [1.29, 1.82) is 0 Å². The number of guanidine groups is 1. The second-order valence-electron chi connectivity index (χ2n) is 5.61. The third-order valence-corrected chi connectivity index (χ3v) is 3.70. The van der Waals surface area contributed by atoms with Crippen LogP contribution in [0, 0.1) is 0 Å². The molecular formula is C16H22N4O. The van der Waals surface area contributed by atoms with Crippen molar-refractivity contribution in [2.75, 3.05) is 13.3 Å². The first-order chi connectivity index (χ1) is 11.0. The van der Waals surface area contributed by atoms with Crippen molar-refractivity contribution in [3.05, 3.63) is 29.3 Å². The molecule has 5 nitrogen and oxygen atoms in total. The predicted molar refractivity (Wildman–Crippen MR) is 85.0 cm³/mol. The van der Waals surface area contributed by atoms with Gasteiger partial charge < -0.3 is 15.0 Å². The van der Waals surface area contributed by atoms with E-state index in [-0.39, 0.29) is 18.4 Å². The van der Waals surface area contributed by atoms with Crippen molar-refractivity contribution in [1.82, 2.24) is 10.2 Å². The third kappa shape index (κ3) is 3.01. The van der Waals surface area contributed by atoms with Crippen molar-refractivity contribution in [3.63, 3.8) is 0 Å². The molecule has 2 atom stereocenters. The maximum Gasteiger partial charge on any atom is 0.221 e. The van der Waals surface area contributed by atoms with Crippen LogP contribution in [0.4, 0.5) is 0 Å².